The number of anilines is 5. The zero-order chi connectivity index (χ0) is 76.3. The number of hydrogen-bond acceptors (Lipinski definition) is 10. The van der Waals surface area contributed by atoms with Crippen LogP contribution in [0, 0.1) is 11.8 Å². The Morgan fingerprint density at radius 2 is 0.661 bits per heavy atom. The fourth-order valence-corrected chi connectivity index (χ4v) is 21.5. The van der Waals surface area contributed by atoms with Crippen molar-refractivity contribution in [3.8, 4) is 0 Å². The summed E-state index contributed by atoms with van der Waals surface area (Å²) in [6.45, 7) is 14.3. The van der Waals surface area contributed by atoms with E-state index in [1.165, 1.54) is 137 Å². The molecule has 112 heavy (non-hydrogen) atoms. The average molecular weight is 1580 g/mol. The Morgan fingerprint density at radius 1 is 0.339 bits per heavy atom. The average Bonchev–Trinajstić information content (AvgIpc) is 1.59. The maximum atomic E-state index is 5.58. The van der Waals surface area contributed by atoms with Crippen LogP contribution in [0.1, 0.15) is 211 Å². The molecule has 6 aromatic carbocycles. The van der Waals surface area contributed by atoms with Gasteiger partial charge < -0.3 is 47.3 Å². The lowest BCUT2D eigenvalue weighted by molar-refractivity contribution is 0.436. The van der Waals surface area contributed by atoms with Gasteiger partial charge in [-0.05, 0) is 191 Å². The molecule has 5 unspecified atom stereocenters. The van der Waals surface area contributed by atoms with Crippen LogP contribution < -0.4 is 24.5 Å². The lowest BCUT2D eigenvalue weighted by Crippen LogP contribution is -2.31. The first kappa shape index (κ1) is 74.2. The van der Waals surface area contributed by atoms with Crippen molar-refractivity contribution in [1.82, 2.24) is 47.8 Å². The molecule has 15 nitrogen and oxygen atoms in total. The van der Waals surface area contributed by atoms with Crippen molar-refractivity contribution in [1.29, 1.82) is 0 Å². The lowest BCUT2D eigenvalue weighted by Gasteiger charge is -2.30. The van der Waals surface area contributed by atoms with Gasteiger partial charge in [0.15, 0.2) is 0 Å². The highest BCUT2D eigenvalue weighted by molar-refractivity contribution is 7.81. The van der Waals surface area contributed by atoms with Gasteiger partial charge in [0.2, 0.25) is 0 Å². The van der Waals surface area contributed by atoms with Crippen molar-refractivity contribution in [3.63, 3.8) is 0 Å². The second-order valence-electron chi connectivity index (χ2n) is 32.5. The van der Waals surface area contributed by atoms with Gasteiger partial charge in [-0.25, -0.2) is 24.9 Å². The summed E-state index contributed by atoms with van der Waals surface area (Å²) in [5.41, 5.74) is 30.2. The maximum Gasteiger partial charge on any atom is 0.0954 e. The van der Waals surface area contributed by atoms with Gasteiger partial charge in [0.25, 0.3) is 0 Å². The van der Waals surface area contributed by atoms with Crippen LogP contribution in [-0.4, -0.2) is 105 Å². The predicted octanol–water partition coefficient (Wildman–Crippen LogP) is 18.9. The third kappa shape index (κ3) is 14.4. The van der Waals surface area contributed by atoms with Crippen molar-refractivity contribution in [2.75, 3.05) is 57.2 Å². The minimum atomic E-state index is 0.160. The highest BCUT2D eigenvalue weighted by atomic mass is 32.1. The van der Waals surface area contributed by atoms with Crippen LogP contribution in [0.2, 0.25) is 0 Å². The second kappa shape index (κ2) is 32.0. The fraction of sp³-hybridized carbons (Fsp3) is 0.391. The monoisotopic (exact) mass is 1570 g/mol. The Kier molecular flexibility index (Phi) is 21.2. The van der Waals surface area contributed by atoms with Crippen molar-refractivity contribution in [2.45, 2.75) is 186 Å². The maximum absolute atomic E-state index is 5.58. The van der Waals surface area contributed by atoms with Gasteiger partial charge >= 0.3 is 0 Å². The molecule has 0 N–H and O–H groups in total. The molecule has 11 aromatic rings. The van der Waals surface area contributed by atoms with Crippen LogP contribution in [0.3, 0.4) is 0 Å². The molecule has 1 saturated carbocycles. The molecule has 1 fully saturated rings. The summed E-state index contributed by atoms with van der Waals surface area (Å²) < 4.78 is 11.2. The summed E-state index contributed by atoms with van der Waals surface area (Å²) in [5.74, 6) is 1.31. The summed E-state index contributed by atoms with van der Waals surface area (Å²) >= 11 is 27.7. The van der Waals surface area contributed by atoms with Gasteiger partial charge in [0.05, 0.1) is 86.8 Å². The van der Waals surface area contributed by atoms with Gasteiger partial charge in [0, 0.05) is 155 Å². The van der Waals surface area contributed by atoms with E-state index in [1.807, 2.05) is 62.6 Å². The first-order valence-electron chi connectivity index (χ1n) is 41.0. The molecule has 0 saturated heterocycles. The minimum absolute atomic E-state index is 0.160. The molecule has 1 aliphatic carbocycles. The minimum Gasteiger partial charge on any atom is -0.335 e. The van der Waals surface area contributed by atoms with E-state index >= 15 is 0 Å². The van der Waals surface area contributed by atoms with Crippen molar-refractivity contribution in [3.05, 3.63) is 274 Å². The first-order chi connectivity index (χ1) is 54.8. The van der Waals surface area contributed by atoms with Crippen molar-refractivity contribution < 1.29 is 0 Å². The number of thiocarbonyl (C=S) groups is 5. The topological polar surface area (TPSA) is 105 Å². The number of nitrogens with zero attached hydrogens (tertiary/aromatic N) is 15. The Labute approximate surface area is 686 Å². The Bertz CT molecular complexity index is 5200. The zero-order valence-corrected chi connectivity index (χ0v) is 68.9. The van der Waals surface area contributed by atoms with Crippen LogP contribution in [0.5, 0.6) is 0 Å². The van der Waals surface area contributed by atoms with Gasteiger partial charge in [0.1, 0.15) is 0 Å². The van der Waals surface area contributed by atoms with Crippen LogP contribution in [-0.2, 0) is 64.2 Å². The summed E-state index contributed by atoms with van der Waals surface area (Å²) in [6, 6.07) is 36.5. The molecule has 20 heteroatoms. The van der Waals surface area contributed by atoms with E-state index in [0.29, 0.717) is 30.1 Å². The van der Waals surface area contributed by atoms with E-state index in [1.54, 1.807) is 0 Å². The molecule has 572 valence electrons. The number of imidazole rings is 5. The molecular formula is C92H99N15S5. The number of aryl methyl sites for hydroxylation is 5. The van der Waals surface area contributed by atoms with Crippen molar-refractivity contribution >= 4 is 114 Å². The first-order valence-corrected chi connectivity index (χ1v) is 43.1. The molecular weight excluding hydrogens is 1480 g/mol. The highest BCUT2D eigenvalue weighted by Gasteiger charge is 2.39. The zero-order valence-electron chi connectivity index (χ0n) is 64.8. The normalized spacial score (nSPS) is 18.3. The smallest absolute Gasteiger partial charge is 0.0954 e. The second-order valence-corrected chi connectivity index (χ2v) is 34.8. The van der Waals surface area contributed by atoms with E-state index in [0.717, 1.165) is 173 Å². The van der Waals surface area contributed by atoms with E-state index < -0.39 is 0 Å². The Morgan fingerprint density at radius 3 is 1.01 bits per heavy atom. The molecule has 15 heterocycles. The lowest BCUT2D eigenvalue weighted by atomic mass is 9.90. The van der Waals surface area contributed by atoms with Crippen LogP contribution in [0.4, 0.5) is 28.4 Å². The number of hydrogen-bond donors (Lipinski definition) is 0. The molecule has 5 atom stereocenters. The SMILES string of the molecule is CC(C)C(c1cc2c3c(c1)CCN3C(=S)CC2)n1ccnc1.CCC(c1cc2c3c(c1)CCN3C(=S)CC2)n1ccnc1.CCCC(c1cc2c3c(c1)CCN3C(=S)CC2)n1ccnc1.S=C1CCc2cc(C(C3CC3)n3ccnc3)cc3c2N1CC3.S=C1CCc2cc(C(c3ccccc3)n3ccnc3)cc3c2N1CC3. The fourth-order valence-electron chi connectivity index (χ4n) is 20.1. The largest absolute Gasteiger partial charge is 0.335 e. The number of rotatable bonds is 16. The summed E-state index contributed by atoms with van der Waals surface area (Å²) in [4.78, 5) is 38.6. The quantitative estimate of drug-likeness (QED) is 0.0857. The van der Waals surface area contributed by atoms with Crippen molar-refractivity contribution in [2.24, 2.45) is 11.8 Å². The third-order valence-electron chi connectivity index (χ3n) is 25.2. The number of benzene rings is 6. The predicted molar refractivity (Wildman–Crippen MR) is 472 cm³/mol. The van der Waals surface area contributed by atoms with Gasteiger partial charge in [-0.15, -0.1) is 0 Å². The molecule has 11 aliphatic rings. The third-order valence-corrected chi connectivity index (χ3v) is 27.3. The van der Waals surface area contributed by atoms with Crippen LogP contribution in [0.15, 0.2) is 185 Å². The molecule has 22 rings (SSSR count). The van der Waals surface area contributed by atoms with E-state index in [2.05, 4.69) is 222 Å². The van der Waals surface area contributed by atoms with Crippen LogP contribution in [0.25, 0.3) is 0 Å². The molecule has 0 radical (unpaired) electrons. The van der Waals surface area contributed by atoms with Gasteiger partial charge in [-0.2, -0.15) is 0 Å². The number of aromatic nitrogens is 10. The van der Waals surface area contributed by atoms with Gasteiger partial charge in [-0.3, -0.25) is 0 Å². The standard InChI is InChI=1S/C21H19N3S.C18H19N3S.2C18H21N3S.C17H19N3S/c25-19-7-6-16-12-18(13-17-8-10-24(19)21(16)17)20(23-11-9-22-14-23)15-4-2-1-3-5-15;22-16-4-3-13-9-15(10-14-5-7-21(16)18(13)14)17(12-1-2-12)20-8-6-19-11-20;1-12(2)17(20-8-6-19-11-20)15-9-13-3-4-16(22)21-7-5-14(10-15)18(13)21;1-2-3-16(20-9-7-19-12-20)15-10-13-4-5-17(22)21-8-6-14(11-15)18(13)21;1-2-15(19-8-6-18-11-19)14-9-12-3-4-16(21)20-7-5-13(10-14)17(12)20/h1-5,9,11-14,20H,6-8,10H2;6,8-12,17H,1-5,7H2;6,8-12,17H,3-5,7H2,1-2H3;7,9-12,16H,2-6,8H2,1H3;6,8-11,15H,2-5,7H2,1H3. The van der Waals surface area contributed by atoms with Crippen LogP contribution >= 0.6 is 61.1 Å². The Hall–Kier alpha value is -9.18. The van der Waals surface area contributed by atoms with Gasteiger partial charge in [-0.1, -0.05) is 186 Å². The molecule has 0 bridgehead atoms. The van der Waals surface area contributed by atoms with E-state index in [-0.39, 0.29) is 6.04 Å². The molecule has 0 amide bonds. The molecule has 5 aromatic heterocycles. The Balaban J connectivity index is 0.0000000979. The van der Waals surface area contributed by atoms with E-state index in [9.17, 15) is 0 Å². The summed E-state index contributed by atoms with van der Waals surface area (Å²) in [6.07, 6.45) is 51.6. The highest BCUT2D eigenvalue weighted by Crippen LogP contribution is 2.49. The summed E-state index contributed by atoms with van der Waals surface area (Å²) in [5, 5.41) is 0. The molecule has 10 aliphatic heterocycles. The van der Waals surface area contributed by atoms with E-state index in [4.69, 9.17) is 61.1 Å². The molecule has 0 spiro atoms. The summed E-state index contributed by atoms with van der Waals surface area (Å²) in [7, 11) is 0.